The number of carbonyl (C=O) groups is 3. The molecule has 0 saturated carbocycles. The Morgan fingerprint density at radius 2 is 1.62 bits per heavy atom. The average molecular weight is 539 g/mol. The van der Waals surface area contributed by atoms with E-state index in [0.717, 1.165) is 22.6 Å². The van der Waals surface area contributed by atoms with Crippen LogP contribution in [0.15, 0.2) is 78.9 Å². The van der Waals surface area contributed by atoms with E-state index in [9.17, 15) is 14.4 Å². The Kier molecular flexibility index (Phi) is 9.25. The van der Waals surface area contributed by atoms with Crippen LogP contribution in [0, 0.1) is 0 Å². The molecule has 0 radical (unpaired) electrons. The lowest BCUT2D eigenvalue weighted by Crippen LogP contribution is -2.14. The number of hydrogen-bond acceptors (Lipinski definition) is 6. The maximum atomic E-state index is 12.9. The summed E-state index contributed by atoms with van der Waals surface area (Å²) in [5.41, 5.74) is 3.51. The number of fused-ring (bicyclic) bond motifs is 1. The van der Waals surface area contributed by atoms with Crippen LogP contribution in [-0.4, -0.2) is 41.0 Å². The van der Waals surface area contributed by atoms with E-state index in [1.807, 2.05) is 56.3 Å². The van der Waals surface area contributed by atoms with Crippen molar-refractivity contribution in [3.63, 3.8) is 0 Å². The predicted octanol–water partition coefficient (Wildman–Crippen LogP) is 6.40. The summed E-state index contributed by atoms with van der Waals surface area (Å²) < 4.78 is 11.2. The standard InChI is InChI=1S/C32H30N2O6/c1-3-39-28-15-12-23(19-29(28)40-4-2)27(35)14-16-31(36)34-30-20-25(22-8-6-5-7-9-22)24-13-10-21(11-17-32(37)38)18-26(24)33-30/h5-13,15,17-20H,3-4,14,16H2,1-2H3,(H,37,38)(H,33,34,36)/b17-11+. The number of rotatable bonds is 12. The summed E-state index contributed by atoms with van der Waals surface area (Å²) in [5.74, 6) is -0.193. The zero-order valence-electron chi connectivity index (χ0n) is 22.3. The van der Waals surface area contributed by atoms with Gasteiger partial charge in [-0.15, -0.1) is 0 Å². The lowest BCUT2D eigenvalue weighted by Gasteiger charge is -2.13. The van der Waals surface area contributed by atoms with Gasteiger partial charge in [0.15, 0.2) is 17.3 Å². The van der Waals surface area contributed by atoms with E-state index in [1.54, 1.807) is 30.3 Å². The van der Waals surface area contributed by atoms with Crippen LogP contribution >= 0.6 is 0 Å². The van der Waals surface area contributed by atoms with Crippen molar-refractivity contribution >= 4 is 40.5 Å². The highest BCUT2D eigenvalue weighted by Crippen LogP contribution is 2.32. The highest BCUT2D eigenvalue weighted by Gasteiger charge is 2.15. The molecule has 0 spiro atoms. The molecule has 1 amide bonds. The number of carboxylic acid groups (broad SMARTS) is 1. The first-order valence-corrected chi connectivity index (χ1v) is 13.0. The highest BCUT2D eigenvalue weighted by atomic mass is 16.5. The third-order valence-electron chi connectivity index (χ3n) is 6.05. The van der Waals surface area contributed by atoms with E-state index in [-0.39, 0.29) is 24.5 Å². The number of nitrogens with zero attached hydrogens (tertiary/aromatic N) is 1. The molecule has 0 unspecified atom stereocenters. The fourth-order valence-electron chi connectivity index (χ4n) is 4.24. The number of anilines is 1. The number of nitrogens with one attached hydrogen (secondary N) is 1. The van der Waals surface area contributed by atoms with Gasteiger partial charge in [-0.3, -0.25) is 9.59 Å². The van der Waals surface area contributed by atoms with E-state index >= 15 is 0 Å². The van der Waals surface area contributed by atoms with Crippen molar-refractivity contribution in [2.75, 3.05) is 18.5 Å². The summed E-state index contributed by atoms with van der Waals surface area (Å²) in [6, 6.07) is 22.0. The van der Waals surface area contributed by atoms with Crippen LogP contribution in [0.2, 0.25) is 0 Å². The zero-order valence-corrected chi connectivity index (χ0v) is 22.3. The molecule has 0 aliphatic rings. The van der Waals surface area contributed by atoms with Gasteiger partial charge in [-0.2, -0.15) is 0 Å². The fraction of sp³-hybridized carbons (Fsp3) is 0.188. The average Bonchev–Trinajstić information content (AvgIpc) is 2.95. The Labute approximate surface area is 232 Å². The van der Waals surface area contributed by atoms with Crippen molar-refractivity contribution in [3.05, 3.63) is 90.0 Å². The Hall–Kier alpha value is -4.98. The van der Waals surface area contributed by atoms with Crippen LogP contribution in [0.5, 0.6) is 11.5 Å². The summed E-state index contributed by atoms with van der Waals surface area (Å²) in [7, 11) is 0. The minimum absolute atomic E-state index is 0.00857. The monoisotopic (exact) mass is 538 g/mol. The van der Waals surface area contributed by atoms with Gasteiger partial charge >= 0.3 is 5.97 Å². The minimum atomic E-state index is -1.05. The molecule has 8 heteroatoms. The van der Waals surface area contributed by atoms with Crippen molar-refractivity contribution in [2.24, 2.45) is 0 Å². The van der Waals surface area contributed by atoms with Crippen LogP contribution in [0.25, 0.3) is 28.1 Å². The number of carboxylic acids is 1. The lowest BCUT2D eigenvalue weighted by molar-refractivity contribution is -0.131. The first kappa shape index (κ1) is 28.0. The molecule has 0 saturated heterocycles. The number of benzene rings is 3. The number of carbonyl (C=O) groups excluding carboxylic acids is 2. The number of Topliss-reactive ketones (excluding diaryl/α,β-unsaturated/α-hetero) is 1. The van der Waals surface area contributed by atoms with E-state index in [0.29, 0.717) is 47.2 Å². The van der Waals surface area contributed by atoms with Crippen molar-refractivity contribution in [1.82, 2.24) is 4.98 Å². The number of hydrogen-bond donors (Lipinski definition) is 2. The molecule has 4 rings (SSSR count). The van der Waals surface area contributed by atoms with Crippen LogP contribution in [0.4, 0.5) is 5.82 Å². The first-order chi connectivity index (χ1) is 19.4. The minimum Gasteiger partial charge on any atom is -0.490 e. The van der Waals surface area contributed by atoms with E-state index in [1.165, 1.54) is 6.08 Å². The Morgan fingerprint density at radius 1 is 0.875 bits per heavy atom. The summed E-state index contributed by atoms with van der Waals surface area (Å²) >= 11 is 0. The topological polar surface area (TPSA) is 115 Å². The molecule has 204 valence electrons. The van der Waals surface area contributed by atoms with Gasteiger partial charge in [-0.05, 0) is 66.9 Å². The first-order valence-electron chi connectivity index (χ1n) is 13.0. The van der Waals surface area contributed by atoms with E-state index in [2.05, 4.69) is 10.3 Å². The lowest BCUT2D eigenvalue weighted by atomic mass is 9.99. The molecular weight excluding hydrogens is 508 g/mol. The third kappa shape index (κ3) is 7.11. The molecule has 1 heterocycles. The van der Waals surface area contributed by atoms with Gasteiger partial charge < -0.3 is 19.9 Å². The fourth-order valence-corrected chi connectivity index (χ4v) is 4.24. The normalized spacial score (nSPS) is 10.9. The van der Waals surface area contributed by atoms with Gasteiger partial charge in [-0.25, -0.2) is 9.78 Å². The number of pyridine rings is 1. The molecule has 1 aromatic heterocycles. The van der Waals surface area contributed by atoms with Gasteiger partial charge in [0, 0.05) is 29.9 Å². The van der Waals surface area contributed by atoms with Crippen LogP contribution in [0.3, 0.4) is 0 Å². The molecule has 8 nitrogen and oxygen atoms in total. The van der Waals surface area contributed by atoms with Crippen molar-refractivity contribution in [1.29, 1.82) is 0 Å². The molecule has 0 bridgehead atoms. The SMILES string of the molecule is CCOc1ccc(C(=O)CCC(=O)Nc2cc(-c3ccccc3)c3ccc(/C=C/C(=O)O)cc3n2)cc1OCC. The number of aromatic nitrogens is 1. The summed E-state index contributed by atoms with van der Waals surface area (Å²) in [6.45, 7) is 4.63. The Bertz CT molecular complexity index is 1560. The van der Waals surface area contributed by atoms with E-state index < -0.39 is 5.97 Å². The third-order valence-corrected chi connectivity index (χ3v) is 6.05. The number of aliphatic carboxylic acids is 1. The second kappa shape index (κ2) is 13.2. The second-order valence-electron chi connectivity index (χ2n) is 8.87. The molecule has 3 aromatic carbocycles. The largest absolute Gasteiger partial charge is 0.490 e. The van der Waals surface area contributed by atoms with Gasteiger partial charge in [0.1, 0.15) is 5.82 Å². The molecular formula is C32H30N2O6. The van der Waals surface area contributed by atoms with Gasteiger partial charge in [-0.1, -0.05) is 42.5 Å². The summed E-state index contributed by atoms with van der Waals surface area (Å²) in [5, 5.41) is 12.6. The zero-order chi connectivity index (χ0) is 28.5. The molecule has 0 fully saturated rings. The number of ether oxygens (including phenoxy) is 2. The van der Waals surface area contributed by atoms with Crippen molar-refractivity contribution < 1.29 is 29.0 Å². The van der Waals surface area contributed by atoms with Crippen LogP contribution in [0.1, 0.15) is 42.6 Å². The Balaban J connectivity index is 1.54. The number of ketones is 1. The van der Waals surface area contributed by atoms with Crippen molar-refractivity contribution in [2.45, 2.75) is 26.7 Å². The van der Waals surface area contributed by atoms with Crippen LogP contribution < -0.4 is 14.8 Å². The maximum Gasteiger partial charge on any atom is 0.328 e. The molecule has 40 heavy (non-hydrogen) atoms. The smallest absolute Gasteiger partial charge is 0.328 e. The number of amides is 1. The molecule has 0 aliphatic heterocycles. The van der Waals surface area contributed by atoms with Crippen molar-refractivity contribution in [3.8, 4) is 22.6 Å². The molecule has 4 aromatic rings. The van der Waals surface area contributed by atoms with Gasteiger partial charge in [0.25, 0.3) is 0 Å². The summed E-state index contributed by atoms with van der Waals surface area (Å²) in [4.78, 5) is 41.3. The van der Waals surface area contributed by atoms with Gasteiger partial charge in [0.2, 0.25) is 5.91 Å². The molecule has 0 atom stereocenters. The Morgan fingerprint density at radius 3 is 2.35 bits per heavy atom. The maximum absolute atomic E-state index is 12.9. The molecule has 0 aliphatic carbocycles. The van der Waals surface area contributed by atoms with E-state index in [4.69, 9.17) is 14.6 Å². The van der Waals surface area contributed by atoms with Crippen LogP contribution in [-0.2, 0) is 9.59 Å². The molecule has 2 N–H and O–H groups in total. The summed E-state index contributed by atoms with van der Waals surface area (Å²) in [6.07, 6.45) is 2.52. The quantitative estimate of drug-likeness (QED) is 0.158. The highest BCUT2D eigenvalue weighted by molar-refractivity contribution is 6.02. The van der Waals surface area contributed by atoms with Gasteiger partial charge in [0.05, 0.1) is 18.7 Å². The second-order valence-corrected chi connectivity index (χ2v) is 8.87. The predicted molar refractivity (Wildman–Crippen MR) is 155 cm³/mol.